The van der Waals surface area contributed by atoms with E-state index < -0.39 is 0 Å². The molecule has 21 heavy (non-hydrogen) atoms. The second kappa shape index (κ2) is 5.49. The Kier molecular flexibility index (Phi) is 3.53. The second-order valence-electron chi connectivity index (χ2n) is 4.55. The van der Waals surface area contributed by atoms with Crippen LogP contribution in [0, 0.1) is 6.92 Å². The van der Waals surface area contributed by atoms with Gasteiger partial charge >= 0.3 is 0 Å². The number of rotatable bonds is 3. The fourth-order valence-electron chi connectivity index (χ4n) is 2.00. The number of thiazole rings is 1. The molecule has 3 aromatic rings. The molecule has 6 heteroatoms. The summed E-state index contributed by atoms with van der Waals surface area (Å²) in [6.07, 6.45) is 4.77. The summed E-state index contributed by atoms with van der Waals surface area (Å²) in [5.74, 6) is 0.400. The molecule has 0 aliphatic heterocycles. The van der Waals surface area contributed by atoms with Crippen LogP contribution in [0.5, 0.6) is 0 Å². The number of anilines is 1. The number of hydrogen-bond acceptors (Lipinski definition) is 5. The Hall–Kier alpha value is -2.47. The maximum atomic E-state index is 12.6. The van der Waals surface area contributed by atoms with Crippen molar-refractivity contribution in [2.24, 2.45) is 0 Å². The van der Waals surface area contributed by atoms with Crippen LogP contribution >= 0.6 is 11.3 Å². The van der Waals surface area contributed by atoms with Crippen LogP contribution in [0.4, 0.5) is 5.13 Å². The van der Waals surface area contributed by atoms with Crippen molar-refractivity contribution in [1.82, 2.24) is 9.97 Å². The van der Waals surface area contributed by atoms with Gasteiger partial charge in [-0.2, -0.15) is 0 Å². The Morgan fingerprint density at radius 2 is 2.14 bits per heavy atom. The van der Waals surface area contributed by atoms with Crippen molar-refractivity contribution < 1.29 is 9.21 Å². The smallest absolute Gasteiger partial charge is 0.260 e. The summed E-state index contributed by atoms with van der Waals surface area (Å²) in [4.78, 5) is 22.4. The average Bonchev–Trinajstić information content (AvgIpc) is 3.19. The molecule has 0 bridgehead atoms. The van der Waals surface area contributed by atoms with Gasteiger partial charge in [0.15, 0.2) is 5.13 Å². The molecule has 0 aliphatic carbocycles. The van der Waals surface area contributed by atoms with Gasteiger partial charge in [-0.1, -0.05) is 6.07 Å². The molecule has 0 spiro atoms. The highest BCUT2D eigenvalue weighted by Crippen LogP contribution is 2.24. The normalized spacial score (nSPS) is 10.6. The molecule has 0 N–H and O–H groups in total. The summed E-state index contributed by atoms with van der Waals surface area (Å²) in [5, 5.41) is 2.51. The SMILES string of the molecule is Cc1ccc(-c2ncco2)cc1C(=O)N(C)c1nccs1. The van der Waals surface area contributed by atoms with Gasteiger partial charge in [0.1, 0.15) is 6.26 Å². The fraction of sp³-hybridized carbons (Fsp3) is 0.133. The number of benzene rings is 1. The zero-order chi connectivity index (χ0) is 14.8. The van der Waals surface area contributed by atoms with Crippen molar-refractivity contribution in [3.8, 4) is 11.5 Å². The minimum Gasteiger partial charge on any atom is -0.445 e. The molecule has 0 unspecified atom stereocenters. The second-order valence-corrected chi connectivity index (χ2v) is 5.42. The van der Waals surface area contributed by atoms with Crippen molar-refractivity contribution >= 4 is 22.4 Å². The van der Waals surface area contributed by atoms with Crippen LogP contribution in [0.15, 0.2) is 46.7 Å². The molecule has 0 fully saturated rings. The lowest BCUT2D eigenvalue weighted by Gasteiger charge is -2.15. The van der Waals surface area contributed by atoms with Gasteiger partial charge in [0, 0.05) is 29.8 Å². The van der Waals surface area contributed by atoms with E-state index in [0.29, 0.717) is 16.6 Å². The molecule has 3 rings (SSSR count). The highest BCUT2D eigenvalue weighted by atomic mass is 32.1. The summed E-state index contributed by atoms with van der Waals surface area (Å²) in [6.45, 7) is 1.91. The lowest BCUT2D eigenvalue weighted by Crippen LogP contribution is -2.26. The summed E-state index contributed by atoms with van der Waals surface area (Å²) in [5.41, 5.74) is 2.30. The van der Waals surface area contributed by atoms with Crippen LogP contribution < -0.4 is 4.90 Å². The summed E-state index contributed by atoms with van der Waals surface area (Å²) >= 11 is 1.42. The van der Waals surface area contributed by atoms with Crippen LogP contribution in [-0.2, 0) is 0 Å². The number of nitrogens with zero attached hydrogens (tertiary/aromatic N) is 3. The predicted molar refractivity (Wildman–Crippen MR) is 81.5 cm³/mol. The molecule has 1 aromatic carbocycles. The van der Waals surface area contributed by atoms with E-state index in [1.807, 2.05) is 24.4 Å². The topological polar surface area (TPSA) is 59.2 Å². The van der Waals surface area contributed by atoms with Crippen LogP contribution in [0.1, 0.15) is 15.9 Å². The zero-order valence-corrected chi connectivity index (χ0v) is 12.4. The average molecular weight is 299 g/mol. The predicted octanol–water partition coefficient (Wildman–Crippen LogP) is 3.38. The number of amides is 1. The van der Waals surface area contributed by atoms with E-state index >= 15 is 0 Å². The molecule has 2 heterocycles. The van der Waals surface area contributed by atoms with E-state index in [2.05, 4.69) is 9.97 Å². The van der Waals surface area contributed by atoms with Gasteiger partial charge in [-0.25, -0.2) is 9.97 Å². The van der Waals surface area contributed by atoms with E-state index in [1.54, 1.807) is 30.4 Å². The van der Waals surface area contributed by atoms with Gasteiger partial charge in [0.05, 0.1) is 6.20 Å². The van der Waals surface area contributed by atoms with E-state index in [-0.39, 0.29) is 5.91 Å². The first-order chi connectivity index (χ1) is 10.2. The van der Waals surface area contributed by atoms with Gasteiger partial charge in [-0.15, -0.1) is 11.3 Å². The lowest BCUT2D eigenvalue weighted by molar-refractivity contribution is 0.0992. The zero-order valence-electron chi connectivity index (χ0n) is 11.6. The molecular weight excluding hydrogens is 286 g/mol. The molecule has 0 saturated heterocycles. The molecule has 1 amide bonds. The standard InChI is InChI=1S/C15H13N3O2S/c1-10-3-4-11(13-16-5-7-20-13)9-12(10)14(19)18(2)15-17-6-8-21-15/h3-9H,1-2H3. The largest absolute Gasteiger partial charge is 0.445 e. The number of aromatic nitrogens is 2. The van der Waals surface area contributed by atoms with Gasteiger partial charge < -0.3 is 4.42 Å². The molecule has 0 radical (unpaired) electrons. The number of aryl methyl sites for hydroxylation is 1. The minimum absolute atomic E-state index is 0.101. The third-order valence-electron chi connectivity index (χ3n) is 3.16. The van der Waals surface area contributed by atoms with Crippen LogP contribution in [0.3, 0.4) is 0 Å². The summed E-state index contributed by atoms with van der Waals surface area (Å²) in [6, 6.07) is 5.58. The minimum atomic E-state index is -0.101. The Morgan fingerprint density at radius 1 is 1.29 bits per heavy atom. The third-order valence-corrected chi connectivity index (χ3v) is 4.01. The maximum Gasteiger partial charge on any atom is 0.260 e. The fourth-order valence-corrected chi connectivity index (χ4v) is 2.61. The van der Waals surface area contributed by atoms with E-state index in [0.717, 1.165) is 11.1 Å². The van der Waals surface area contributed by atoms with E-state index in [9.17, 15) is 4.79 Å². The van der Waals surface area contributed by atoms with Gasteiger partial charge in [-0.05, 0) is 24.6 Å². The Balaban J connectivity index is 1.98. The summed E-state index contributed by atoms with van der Waals surface area (Å²) < 4.78 is 5.28. The molecule has 0 atom stereocenters. The molecule has 0 saturated carbocycles. The molecule has 0 aliphatic rings. The van der Waals surface area contributed by atoms with E-state index in [4.69, 9.17) is 4.42 Å². The molecular formula is C15H13N3O2S. The molecule has 106 valence electrons. The van der Waals surface area contributed by atoms with Crippen molar-refractivity contribution in [3.63, 3.8) is 0 Å². The van der Waals surface area contributed by atoms with Crippen LogP contribution in [0.2, 0.25) is 0 Å². The van der Waals surface area contributed by atoms with Crippen molar-refractivity contribution in [1.29, 1.82) is 0 Å². The van der Waals surface area contributed by atoms with Crippen molar-refractivity contribution in [3.05, 3.63) is 53.4 Å². The number of carbonyl (C=O) groups excluding carboxylic acids is 1. The van der Waals surface area contributed by atoms with Crippen LogP contribution in [0.25, 0.3) is 11.5 Å². The van der Waals surface area contributed by atoms with Crippen LogP contribution in [-0.4, -0.2) is 22.9 Å². The molecule has 2 aromatic heterocycles. The monoisotopic (exact) mass is 299 g/mol. The number of oxazole rings is 1. The first kappa shape index (κ1) is 13.5. The third kappa shape index (κ3) is 2.57. The highest BCUT2D eigenvalue weighted by molar-refractivity contribution is 7.13. The first-order valence-corrected chi connectivity index (χ1v) is 7.23. The van der Waals surface area contributed by atoms with Gasteiger partial charge in [0.2, 0.25) is 5.89 Å². The van der Waals surface area contributed by atoms with Crippen molar-refractivity contribution in [2.75, 3.05) is 11.9 Å². The first-order valence-electron chi connectivity index (χ1n) is 6.35. The maximum absolute atomic E-state index is 12.6. The Labute approximate surface area is 125 Å². The quantitative estimate of drug-likeness (QED) is 0.744. The highest BCUT2D eigenvalue weighted by Gasteiger charge is 2.18. The number of carbonyl (C=O) groups is 1. The Morgan fingerprint density at radius 3 is 2.81 bits per heavy atom. The Bertz CT molecular complexity index is 751. The van der Waals surface area contributed by atoms with Gasteiger partial charge in [0.25, 0.3) is 5.91 Å². The van der Waals surface area contributed by atoms with Gasteiger partial charge in [-0.3, -0.25) is 9.69 Å². The summed E-state index contributed by atoms with van der Waals surface area (Å²) in [7, 11) is 1.72. The lowest BCUT2D eigenvalue weighted by atomic mass is 10.0. The van der Waals surface area contributed by atoms with E-state index in [1.165, 1.54) is 17.6 Å². The van der Waals surface area contributed by atoms with Crippen molar-refractivity contribution in [2.45, 2.75) is 6.92 Å². The molecule has 5 nitrogen and oxygen atoms in total. The number of hydrogen-bond donors (Lipinski definition) is 0.